The second-order valence-electron chi connectivity index (χ2n) is 5.20. The van der Waals surface area contributed by atoms with Gasteiger partial charge >= 0.3 is 0 Å². The zero-order valence-electron chi connectivity index (χ0n) is 11.7. The van der Waals surface area contributed by atoms with Crippen LogP contribution in [0.4, 0.5) is 5.82 Å². The number of nitrogens with zero attached hydrogens (tertiary/aromatic N) is 2. The van der Waals surface area contributed by atoms with Crippen molar-refractivity contribution in [1.29, 1.82) is 0 Å². The van der Waals surface area contributed by atoms with E-state index in [1.165, 1.54) is 30.7 Å². The fraction of sp³-hybridized carbons (Fsp3) is 0.357. The van der Waals surface area contributed by atoms with Crippen molar-refractivity contribution in [3.63, 3.8) is 0 Å². The lowest BCUT2D eigenvalue weighted by atomic mass is 10.2. The van der Waals surface area contributed by atoms with Crippen molar-refractivity contribution in [3.05, 3.63) is 39.8 Å². The standard InChI is InChI=1S/C14H17N5OS/c1-8-4-9(6-16-10-2-3-10)7-17-13(8)21-14-18-11(15)5-12(20)19-14/h4-5,7,10,16H,2-3,6H2,1H3,(H3,15,18,19,20). The number of H-pyrrole nitrogens is 1. The normalized spacial score (nSPS) is 14.3. The molecule has 2 aromatic rings. The topological polar surface area (TPSA) is 96.7 Å². The first-order chi connectivity index (χ1) is 10.1. The molecule has 2 heterocycles. The van der Waals surface area contributed by atoms with Crippen LogP contribution >= 0.6 is 11.8 Å². The van der Waals surface area contributed by atoms with Crippen LogP contribution in [-0.2, 0) is 6.54 Å². The second-order valence-corrected chi connectivity index (χ2v) is 6.18. The molecule has 1 aliphatic rings. The number of pyridine rings is 1. The van der Waals surface area contributed by atoms with Crippen molar-refractivity contribution in [1.82, 2.24) is 20.3 Å². The lowest BCUT2D eigenvalue weighted by Crippen LogP contribution is -2.15. The molecule has 1 fully saturated rings. The van der Waals surface area contributed by atoms with Crippen LogP contribution in [0.15, 0.2) is 33.3 Å². The molecular formula is C14H17N5OS. The Morgan fingerprint density at radius 3 is 2.95 bits per heavy atom. The van der Waals surface area contributed by atoms with Crippen LogP contribution in [0.3, 0.4) is 0 Å². The van der Waals surface area contributed by atoms with Crippen molar-refractivity contribution in [2.45, 2.75) is 42.5 Å². The molecule has 4 N–H and O–H groups in total. The summed E-state index contributed by atoms with van der Waals surface area (Å²) in [6.45, 7) is 2.84. The van der Waals surface area contributed by atoms with Gasteiger partial charge in [-0.3, -0.25) is 4.79 Å². The summed E-state index contributed by atoms with van der Waals surface area (Å²) in [5.74, 6) is 0.212. The molecule has 6 nitrogen and oxygen atoms in total. The van der Waals surface area contributed by atoms with Crippen molar-refractivity contribution in [2.24, 2.45) is 0 Å². The third kappa shape index (κ3) is 3.83. The van der Waals surface area contributed by atoms with Crippen LogP contribution in [0.1, 0.15) is 24.0 Å². The highest BCUT2D eigenvalue weighted by Gasteiger charge is 2.20. The minimum atomic E-state index is -0.257. The molecule has 3 rings (SSSR count). The summed E-state index contributed by atoms with van der Waals surface area (Å²) in [5.41, 5.74) is 7.54. The average Bonchev–Trinajstić information content (AvgIpc) is 3.22. The highest BCUT2D eigenvalue weighted by molar-refractivity contribution is 7.99. The van der Waals surface area contributed by atoms with E-state index in [2.05, 4.69) is 26.3 Å². The van der Waals surface area contributed by atoms with Gasteiger partial charge in [-0.2, -0.15) is 0 Å². The van der Waals surface area contributed by atoms with Crippen molar-refractivity contribution < 1.29 is 0 Å². The van der Waals surface area contributed by atoms with E-state index in [1.807, 2.05) is 13.1 Å². The van der Waals surface area contributed by atoms with Gasteiger partial charge in [-0.05, 0) is 42.7 Å². The summed E-state index contributed by atoms with van der Waals surface area (Å²) in [4.78, 5) is 22.6. The monoisotopic (exact) mass is 303 g/mol. The number of aromatic amines is 1. The van der Waals surface area contributed by atoms with Crippen LogP contribution in [-0.4, -0.2) is 21.0 Å². The molecule has 1 aliphatic carbocycles. The summed E-state index contributed by atoms with van der Waals surface area (Å²) in [5, 5.41) is 4.74. The molecule has 0 amide bonds. The largest absolute Gasteiger partial charge is 0.383 e. The van der Waals surface area contributed by atoms with Gasteiger partial charge in [-0.25, -0.2) is 9.97 Å². The molecule has 0 saturated heterocycles. The average molecular weight is 303 g/mol. The minimum Gasteiger partial charge on any atom is -0.383 e. The zero-order chi connectivity index (χ0) is 14.8. The Morgan fingerprint density at radius 2 is 2.29 bits per heavy atom. The van der Waals surface area contributed by atoms with Crippen molar-refractivity contribution >= 4 is 17.6 Å². The van der Waals surface area contributed by atoms with Crippen LogP contribution in [0, 0.1) is 6.92 Å². The number of aromatic nitrogens is 3. The SMILES string of the molecule is Cc1cc(CNC2CC2)cnc1Sc1nc(N)cc(=O)[nH]1. The fourth-order valence-electron chi connectivity index (χ4n) is 1.97. The van der Waals surface area contributed by atoms with Gasteiger partial charge in [-0.1, -0.05) is 6.07 Å². The van der Waals surface area contributed by atoms with Gasteiger partial charge in [0.1, 0.15) is 10.8 Å². The third-order valence-corrected chi connectivity index (χ3v) is 4.20. The first-order valence-electron chi connectivity index (χ1n) is 6.84. The number of hydrogen-bond acceptors (Lipinski definition) is 6. The van der Waals surface area contributed by atoms with Crippen LogP contribution in [0.2, 0.25) is 0 Å². The molecule has 0 aliphatic heterocycles. The Kier molecular flexibility index (Phi) is 3.94. The Bertz CT molecular complexity index is 711. The van der Waals surface area contributed by atoms with E-state index in [0.717, 1.165) is 22.7 Å². The molecule has 7 heteroatoms. The summed E-state index contributed by atoms with van der Waals surface area (Å²) in [6.07, 6.45) is 4.40. The maximum atomic E-state index is 11.4. The molecule has 0 radical (unpaired) electrons. The van der Waals surface area contributed by atoms with Gasteiger partial charge in [-0.15, -0.1) is 0 Å². The van der Waals surface area contributed by atoms with Crippen molar-refractivity contribution in [2.75, 3.05) is 5.73 Å². The van der Waals surface area contributed by atoms with E-state index >= 15 is 0 Å². The molecule has 2 aromatic heterocycles. The maximum Gasteiger partial charge on any atom is 0.253 e. The number of rotatable bonds is 5. The predicted octanol–water partition coefficient (Wildman–Crippen LogP) is 1.46. The van der Waals surface area contributed by atoms with E-state index in [9.17, 15) is 4.79 Å². The van der Waals surface area contributed by atoms with E-state index in [-0.39, 0.29) is 11.4 Å². The van der Waals surface area contributed by atoms with E-state index in [4.69, 9.17) is 5.73 Å². The molecule has 0 atom stereocenters. The first kappa shape index (κ1) is 14.1. The van der Waals surface area contributed by atoms with E-state index < -0.39 is 0 Å². The van der Waals surface area contributed by atoms with E-state index in [0.29, 0.717) is 11.2 Å². The smallest absolute Gasteiger partial charge is 0.253 e. The fourth-order valence-corrected chi connectivity index (χ4v) is 2.78. The van der Waals surface area contributed by atoms with Gasteiger partial charge in [0, 0.05) is 24.8 Å². The summed E-state index contributed by atoms with van der Waals surface area (Å²) in [6, 6.07) is 4.05. The van der Waals surface area contributed by atoms with Crippen LogP contribution < -0.4 is 16.6 Å². The van der Waals surface area contributed by atoms with Gasteiger partial charge in [0.05, 0.1) is 0 Å². The van der Waals surface area contributed by atoms with Gasteiger partial charge < -0.3 is 16.0 Å². The number of nitrogens with one attached hydrogen (secondary N) is 2. The maximum absolute atomic E-state index is 11.4. The molecule has 0 unspecified atom stereocenters. The summed E-state index contributed by atoms with van der Waals surface area (Å²) < 4.78 is 0. The van der Waals surface area contributed by atoms with Crippen LogP contribution in [0.5, 0.6) is 0 Å². The number of nitrogens with two attached hydrogens (primary N) is 1. The Balaban J connectivity index is 1.73. The molecule has 21 heavy (non-hydrogen) atoms. The molecule has 0 spiro atoms. The second kappa shape index (κ2) is 5.87. The molecule has 0 aromatic carbocycles. The van der Waals surface area contributed by atoms with Gasteiger partial charge in [0.25, 0.3) is 5.56 Å². The number of anilines is 1. The lowest BCUT2D eigenvalue weighted by molar-refractivity contribution is 0.684. The zero-order valence-corrected chi connectivity index (χ0v) is 12.5. The van der Waals surface area contributed by atoms with E-state index in [1.54, 1.807) is 0 Å². The first-order valence-corrected chi connectivity index (χ1v) is 7.65. The number of nitrogen functional groups attached to an aromatic ring is 1. The molecule has 1 saturated carbocycles. The molecule has 0 bridgehead atoms. The Morgan fingerprint density at radius 1 is 1.48 bits per heavy atom. The summed E-state index contributed by atoms with van der Waals surface area (Å²) >= 11 is 1.31. The molecule has 110 valence electrons. The molecular weight excluding hydrogens is 286 g/mol. The highest BCUT2D eigenvalue weighted by atomic mass is 32.2. The van der Waals surface area contributed by atoms with Gasteiger partial charge in [0.2, 0.25) is 0 Å². The highest BCUT2D eigenvalue weighted by Crippen LogP contribution is 2.26. The predicted molar refractivity (Wildman–Crippen MR) is 82.2 cm³/mol. The summed E-state index contributed by atoms with van der Waals surface area (Å²) in [7, 11) is 0. The quantitative estimate of drug-likeness (QED) is 0.724. The van der Waals surface area contributed by atoms with Gasteiger partial charge in [0.15, 0.2) is 5.16 Å². The third-order valence-electron chi connectivity index (χ3n) is 3.19. The van der Waals surface area contributed by atoms with Crippen molar-refractivity contribution in [3.8, 4) is 0 Å². The number of hydrogen-bond donors (Lipinski definition) is 3. The Hall–Kier alpha value is -1.86. The minimum absolute atomic E-state index is 0.212. The Labute approximate surface area is 126 Å². The lowest BCUT2D eigenvalue weighted by Gasteiger charge is -2.08. The number of aryl methyl sites for hydroxylation is 1. The van der Waals surface area contributed by atoms with Crippen LogP contribution in [0.25, 0.3) is 0 Å².